The number of benzene rings is 1. The van der Waals surface area contributed by atoms with Crippen LogP contribution in [0.1, 0.15) is 24.8 Å². The van der Waals surface area contributed by atoms with Crippen molar-refractivity contribution in [3.8, 4) is 11.5 Å². The van der Waals surface area contributed by atoms with Crippen LogP contribution in [-0.2, 0) is 6.42 Å². The zero-order valence-corrected chi connectivity index (χ0v) is 14.4. The minimum atomic E-state index is 0.626. The summed E-state index contributed by atoms with van der Waals surface area (Å²) in [4.78, 5) is 2.39. The molecule has 0 aromatic heterocycles. The van der Waals surface area contributed by atoms with Crippen molar-refractivity contribution in [3.63, 3.8) is 0 Å². The number of piperidine rings is 1. The lowest BCUT2D eigenvalue weighted by Crippen LogP contribution is -2.43. The molecule has 1 saturated heterocycles. The highest BCUT2D eigenvalue weighted by molar-refractivity contribution is 5.42. The molecule has 1 N–H and O–H groups in total. The maximum atomic E-state index is 5.40. The summed E-state index contributed by atoms with van der Waals surface area (Å²) in [5.74, 6) is 2.37. The van der Waals surface area contributed by atoms with Gasteiger partial charge in [0.1, 0.15) is 0 Å². The molecule has 4 heteroatoms. The van der Waals surface area contributed by atoms with Crippen molar-refractivity contribution in [2.75, 3.05) is 41.4 Å². The van der Waals surface area contributed by atoms with E-state index in [1.165, 1.54) is 31.4 Å². The molecule has 0 radical (unpaired) electrons. The van der Waals surface area contributed by atoms with E-state index in [0.29, 0.717) is 6.04 Å². The number of nitrogens with one attached hydrogen (secondary N) is 1. The molecular weight excluding hydrogens is 276 g/mol. The lowest BCUT2D eigenvalue weighted by Gasteiger charge is -2.35. The Bertz CT molecular complexity index is 456. The highest BCUT2D eigenvalue weighted by Crippen LogP contribution is 2.29. The van der Waals surface area contributed by atoms with Gasteiger partial charge >= 0.3 is 0 Å². The molecule has 1 heterocycles. The first-order chi connectivity index (χ1) is 10.7. The van der Waals surface area contributed by atoms with E-state index in [1.54, 1.807) is 14.2 Å². The predicted octanol–water partition coefficient (Wildman–Crippen LogP) is 2.57. The van der Waals surface area contributed by atoms with Crippen LogP contribution >= 0.6 is 0 Å². The second-order valence-electron chi connectivity index (χ2n) is 6.37. The number of ether oxygens (including phenoxy) is 2. The zero-order chi connectivity index (χ0) is 15.9. The van der Waals surface area contributed by atoms with E-state index < -0.39 is 0 Å². The van der Waals surface area contributed by atoms with Gasteiger partial charge in [0.05, 0.1) is 14.2 Å². The average Bonchev–Trinajstić information content (AvgIpc) is 2.55. The minimum Gasteiger partial charge on any atom is -0.493 e. The lowest BCUT2D eigenvalue weighted by atomic mass is 9.87. The second kappa shape index (κ2) is 8.39. The second-order valence-corrected chi connectivity index (χ2v) is 6.37. The summed E-state index contributed by atoms with van der Waals surface area (Å²) in [7, 11) is 7.77. The van der Waals surface area contributed by atoms with Gasteiger partial charge in [-0.2, -0.15) is 0 Å². The fraction of sp³-hybridized carbons (Fsp3) is 0.667. The Morgan fingerprint density at radius 3 is 2.59 bits per heavy atom. The Hall–Kier alpha value is -1.26. The van der Waals surface area contributed by atoms with Gasteiger partial charge in [0, 0.05) is 6.04 Å². The van der Waals surface area contributed by atoms with Gasteiger partial charge in [0.25, 0.3) is 0 Å². The Morgan fingerprint density at radius 1 is 1.23 bits per heavy atom. The largest absolute Gasteiger partial charge is 0.493 e. The number of nitrogens with zero attached hydrogens (tertiary/aromatic N) is 1. The van der Waals surface area contributed by atoms with E-state index in [4.69, 9.17) is 9.47 Å². The van der Waals surface area contributed by atoms with Crippen LogP contribution in [0, 0.1) is 5.92 Å². The number of rotatable bonds is 7. The molecule has 2 rings (SSSR count). The van der Waals surface area contributed by atoms with E-state index in [-0.39, 0.29) is 0 Å². The van der Waals surface area contributed by atoms with Crippen LogP contribution in [0.4, 0.5) is 0 Å². The van der Waals surface area contributed by atoms with Crippen LogP contribution in [-0.4, -0.2) is 52.3 Å². The molecule has 0 amide bonds. The van der Waals surface area contributed by atoms with Crippen molar-refractivity contribution in [2.24, 2.45) is 5.92 Å². The first-order valence-corrected chi connectivity index (χ1v) is 8.23. The molecule has 1 aromatic carbocycles. The summed E-state index contributed by atoms with van der Waals surface area (Å²) in [5.41, 5.74) is 1.31. The molecule has 0 saturated carbocycles. The van der Waals surface area contributed by atoms with E-state index >= 15 is 0 Å². The quantitative estimate of drug-likeness (QED) is 0.839. The Balaban J connectivity index is 1.99. The number of aryl methyl sites for hydroxylation is 1. The smallest absolute Gasteiger partial charge is 0.160 e. The van der Waals surface area contributed by atoms with Gasteiger partial charge in [-0.25, -0.2) is 0 Å². The third-order valence-corrected chi connectivity index (χ3v) is 4.72. The van der Waals surface area contributed by atoms with Gasteiger partial charge in [-0.05, 0) is 76.5 Å². The summed E-state index contributed by atoms with van der Waals surface area (Å²) in [6.45, 7) is 2.32. The summed E-state index contributed by atoms with van der Waals surface area (Å²) in [6.07, 6.45) is 4.88. The fourth-order valence-corrected chi connectivity index (χ4v) is 3.47. The molecular formula is C18H30N2O2. The van der Waals surface area contributed by atoms with Gasteiger partial charge in [0.15, 0.2) is 11.5 Å². The van der Waals surface area contributed by atoms with Crippen LogP contribution in [0.5, 0.6) is 11.5 Å². The van der Waals surface area contributed by atoms with Crippen LogP contribution in [0.3, 0.4) is 0 Å². The molecule has 1 aliphatic heterocycles. The number of methoxy groups -OCH3 is 2. The van der Waals surface area contributed by atoms with Gasteiger partial charge in [-0.15, -0.1) is 0 Å². The van der Waals surface area contributed by atoms with Crippen LogP contribution in [0.2, 0.25) is 0 Å². The van der Waals surface area contributed by atoms with Crippen LogP contribution in [0.25, 0.3) is 0 Å². The van der Waals surface area contributed by atoms with Gasteiger partial charge < -0.3 is 19.7 Å². The lowest BCUT2D eigenvalue weighted by molar-refractivity contribution is 0.170. The molecule has 1 fully saturated rings. The van der Waals surface area contributed by atoms with E-state index in [1.807, 2.05) is 6.07 Å². The van der Waals surface area contributed by atoms with Crippen molar-refractivity contribution < 1.29 is 9.47 Å². The van der Waals surface area contributed by atoms with Gasteiger partial charge in [-0.1, -0.05) is 6.07 Å². The maximum Gasteiger partial charge on any atom is 0.160 e. The zero-order valence-electron chi connectivity index (χ0n) is 14.4. The number of hydrogen-bond donors (Lipinski definition) is 1. The molecule has 1 aromatic rings. The van der Waals surface area contributed by atoms with Crippen LogP contribution < -0.4 is 14.8 Å². The molecule has 2 unspecified atom stereocenters. The highest BCUT2D eigenvalue weighted by atomic mass is 16.5. The summed E-state index contributed by atoms with van der Waals surface area (Å²) in [6, 6.07) is 6.87. The van der Waals surface area contributed by atoms with Gasteiger partial charge in [-0.3, -0.25) is 0 Å². The highest BCUT2D eigenvalue weighted by Gasteiger charge is 2.24. The molecule has 0 bridgehead atoms. The predicted molar refractivity (Wildman–Crippen MR) is 90.9 cm³/mol. The third-order valence-electron chi connectivity index (χ3n) is 4.72. The van der Waals surface area contributed by atoms with Crippen molar-refractivity contribution in [1.82, 2.24) is 10.2 Å². The maximum absolute atomic E-state index is 5.40. The SMILES string of the molecule is COc1ccc(CCC(C2CCCNC2)N(C)C)cc1OC. The first-order valence-electron chi connectivity index (χ1n) is 8.23. The standard InChI is InChI=1S/C18H30N2O2/c1-20(2)16(15-6-5-11-19-13-15)9-7-14-8-10-17(21-3)18(12-14)22-4/h8,10,12,15-16,19H,5-7,9,11,13H2,1-4H3. The van der Waals surface area contributed by atoms with E-state index in [0.717, 1.165) is 30.4 Å². The molecule has 1 aliphatic rings. The fourth-order valence-electron chi connectivity index (χ4n) is 3.47. The minimum absolute atomic E-state index is 0.626. The Kier molecular flexibility index (Phi) is 6.52. The summed E-state index contributed by atoms with van der Waals surface area (Å²) in [5, 5.41) is 3.54. The van der Waals surface area contributed by atoms with Gasteiger partial charge in [0.2, 0.25) is 0 Å². The topological polar surface area (TPSA) is 33.7 Å². The molecule has 0 spiro atoms. The van der Waals surface area contributed by atoms with Crippen molar-refractivity contribution >= 4 is 0 Å². The monoisotopic (exact) mass is 306 g/mol. The summed E-state index contributed by atoms with van der Waals surface area (Å²) < 4.78 is 10.7. The number of hydrogen-bond acceptors (Lipinski definition) is 4. The first kappa shape index (κ1) is 17.1. The van der Waals surface area contributed by atoms with Crippen molar-refractivity contribution in [2.45, 2.75) is 31.7 Å². The van der Waals surface area contributed by atoms with Crippen molar-refractivity contribution in [3.05, 3.63) is 23.8 Å². The van der Waals surface area contributed by atoms with Crippen LogP contribution in [0.15, 0.2) is 18.2 Å². The van der Waals surface area contributed by atoms with E-state index in [9.17, 15) is 0 Å². The molecule has 22 heavy (non-hydrogen) atoms. The molecule has 124 valence electrons. The molecule has 0 aliphatic carbocycles. The van der Waals surface area contributed by atoms with E-state index in [2.05, 4.69) is 36.4 Å². The molecule has 4 nitrogen and oxygen atoms in total. The third kappa shape index (κ3) is 4.37. The summed E-state index contributed by atoms with van der Waals surface area (Å²) >= 11 is 0. The van der Waals surface area contributed by atoms with Crippen molar-refractivity contribution in [1.29, 1.82) is 0 Å². The Morgan fingerprint density at radius 2 is 2.00 bits per heavy atom. The average molecular weight is 306 g/mol. The molecule has 2 atom stereocenters. The normalized spacial score (nSPS) is 20.0. The Labute approximate surface area is 134 Å².